The lowest BCUT2D eigenvalue weighted by Gasteiger charge is -2.05. The van der Waals surface area contributed by atoms with Crippen molar-refractivity contribution in [2.45, 2.75) is 44.6 Å². The minimum absolute atomic E-state index is 0.0110. The Morgan fingerprint density at radius 2 is 1.96 bits per heavy atom. The standard InChI is InChI=1S/C17H21N3O3/c21-11-13-3-1-12(2-4-13)9-10-18-15(22)7-8-16-19-17(20-23-16)14-5-6-14/h1-4,14,21H,5-11H2,(H,18,22). The van der Waals surface area contributed by atoms with Gasteiger partial charge in [-0.15, -0.1) is 0 Å². The summed E-state index contributed by atoms with van der Waals surface area (Å²) in [6.07, 6.45) is 3.88. The SMILES string of the molecule is O=C(CCc1nc(C2CC2)no1)NCCc1ccc(CO)cc1. The highest BCUT2D eigenvalue weighted by Gasteiger charge is 2.28. The molecule has 1 aliphatic carbocycles. The highest BCUT2D eigenvalue weighted by Crippen LogP contribution is 2.38. The van der Waals surface area contributed by atoms with Crippen LogP contribution in [-0.4, -0.2) is 27.7 Å². The molecule has 23 heavy (non-hydrogen) atoms. The zero-order valence-corrected chi connectivity index (χ0v) is 13.0. The van der Waals surface area contributed by atoms with Gasteiger partial charge in [0.15, 0.2) is 5.82 Å². The number of benzene rings is 1. The summed E-state index contributed by atoms with van der Waals surface area (Å²) < 4.78 is 5.15. The fourth-order valence-corrected chi connectivity index (χ4v) is 2.34. The number of aliphatic hydroxyl groups is 1. The normalized spacial score (nSPS) is 14.0. The molecular formula is C17H21N3O3. The summed E-state index contributed by atoms with van der Waals surface area (Å²) in [5.74, 6) is 1.79. The first-order chi connectivity index (χ1) is 11.2. The molecule has 122 valence electrons. The van der Waals surface area contributed by atoms with Crippen molar-refractivity contribution in [3.05, 3.63) is 47.1 Å². The summed E-state index contributed by atoms with van der Waals surface area (Å²) in [7, 11) is 0. The van der Waals surface area contributed by atoms with Crippen LogP contribution in [0.25, 0.3) is 0 Å². The minimum atomic E-state index is -0.0110. The Bertz CT molecular complexity index is 647. The lowest BCUT2D eigenvalue weighted by molar-refractivity contribution is -0.121. The molecule has 6 nitrogen and oxygen atoms in total. The molecule has 0 atom stereocenters. The number of aromatic nitrogens is 2. The molecule has 1 amide bonds. The maximum Gasteiger partial charge on any atom is 0.227 e. The predicted molar refractivity (Wildman–Crippen MR) is 83.7 cm³/mol. The molecule has 0 saturated heterocycles. The van der Waals surface area contributed by atoms with Gasteiger partial charge in [-0.1, -0.05) is 29.4 Å². The fraction of sp³-hybridized carbons (Fsp3) is 0.471. The molecule has 1 aliphatic rings. The molecule has 2 N–H and O–H groups in total. The van der Waals surface area contributed by atoms with Crippen molar-refractivity contribution in [1.29, 1.82) is 0 Å². The molecule has 3 rings (SSSR count). The molecule has 0 aliphatic heterocycles. The van der Waals surface area contributed by atoms with E-state index in [1.54, 1.807) is 0 Å². The molecule has 1 heterocycles. The van der Waals surface area contributed by atoms with Gasteiger partial charge in [-0.05, 0) is 30.4 Å². The van der Waals surface area contributed by atoms with E-state index in [-0.39, 0.29) is 12.5 Å². The number of aryl methyl sites for hydroxylation is 1. The quantitative estimate of drug-likeness (QED) is 0.774. The highest BCUT2D eigenvalue weighted by molar-refractivity contribution is 5.76. The van der Waals surface area contributed by atoms with Crippen LogP contribution in [0.4, 0.5) is 0 Å². The zero-order valence-electron chi connectivity index (χ0n) is 13.0. The Kier molecular flexibility index (Phi) is 5.02. The Morgan fingerprint density at radius 3 is 2.65 bits per heavy atom. The Balaban J connectivity index is 1.35. The smallest absolute Gasteiger partial charge is 0.227 e. The minimum Gasteiger partial charge on any atom is -0.392 e. The lowest BCUT2D eigenvalue weighted by atomic mass is 10.1. The van der Waals surface area contributed by atoms with Crippen LogP contribution in [0.3, 0.4) is 0 Å². The second-order valence-corrected chi connectivity index (χ2v) is 5.90. The van der Waals surface area contributed by atoms with Crippen molar-refractivity contribution in [3.63, 3.8) is 0 Å². The average Bonchev–Trinajstić information content (AvgIpc) is 3.32. The van der Waals surface area contributed by atoms with E-state index in [0.29, 0.717) is 31.2 Å². The van der Waals surface area contributed by atoms with Crippen LogP contribution in [0.15, 0.2) is 28.8 Å². The van der Waals surface area contributed by atoms with E-state index in [4.69, 9.17) is 9.63 Å². The van der Waals surface area contributed by atoms with Crippen LogP contribution in [-0.2, 0) is 24.2 Å². The second-order valence-electron chi connectivity index (χ2n) is 5.90. The maximum atomic E-state index is 11.8. The summed E-state index contributed by atoms with van der Waals surface area (Å²) in [4.78, 5) is 16.1. The number of rotatable bonds is 8. The van der Waals surface area contributed by atoms with Crippen molar-refractivity contribution >= 4 is 5.91 Å². The third-order valence-corrected chi connectivity index (χ3v) is 3.93. The van der Waals surface area contributed by atoms with Crippen LogP contribution >= 0.6 is 0 Å². The van der Waals surface area contributed by atoms with Crippen LogP contribution in [0, 0.1) is 0 Å². The molecule has 1 saturated carbocycles. The van der Waals surface area contributed by atoms with Crippen molar-refractivity contribution in [2.24, 2.45) is 0 Å². The van der Waals surface area contributed by atoms with E-state index in [2.05, 4.69) is 15.5 Å². The summed E-state index contributed by atoms with van der Waals surface area (Å²) in [6, 6.07) is 7.72. The number of nitrogens with one attached hydrogen (secondary N) is 1. The molecular weight excluding hydrogens is 294 g/mol. The van der Waals surface area contributed by atoms with E-state index in [0.717, 1.165) is 36.2 Å². The van der Waals surface area contributed by atoms with E-state index in [1.165, 1.54) is 0 Å². The molecule has 6 heteroatoms. The molecule has 0 spiro atoms. The number of amides is 1. The molecule has 1 aromatic heterocycles. The van der Waals surface area contributed by atoms with Crippen LogP contribution in [0.1, 0.15) is 48.0 Å². The monoisotopic (exact) mass is 315 g/mol. The zero-order chi connectivity index (χ0) is 16.1. The average molecular weight is 315 g/mol. The largest absolute Gasteiger partial charge is 0.392 e. The first-order valence-corrected chi connectivity index (χ1v) is 8.02. The first kappa shape index (κ1) is 15.7. The van der Waals surface area contributed by atoms with Crippen molar-refractivity contribution in [1.82, 2.24) is 15.5 Å². The number of carbonyl (C=O) groups excluding carboxylic acids is 1. The van der Waals surface area contributed by atoms with E-state index < -0.39 is 0 Å². The van der Waals surface area contributed by atoms with Gasteiger partial charge in [0.25, 0.3) is 0 Å². The van der Waals surface area contributed by atoms with Gasteiger partial charge in [0.1, 0.15) is 0 Å². The van der Waals surface area contributed by atoms with Crippen LogP contribution < -0.4 is 5.32 Å². The van der Waals surface area contributed by atoms with Gasteiger partial charge >= 0.3 is 0 Å². The topological polar surface area (TPSA) is 88.2 Å². The van der Waals surface area contributed by atoms with Crippen molar-refractivity contribution in [2.75, 3.05) is 6.54 Å². The van der Waals surface area contributed by atoms with Crippen molar-refractivity contribution in [3.8, 4) is 0 Å². The van der Waals surface area contributed by atoms with Gasteiger partial charge in [0.05, 0.1) is 6.61 Å². The molecule has 0 radical (unpaired) electrons. The highest BCUT2D eigenvalue weighted by atomic mass is 16.5. The number of hydrogen-bond donors (Lipinski definition) is 2. The van der Waals surface area contributed by atoms with Crippen molar-refractivity contribution < 1.29 is 14.4 Å². The Labute approximate surface area is 134 Å². The summed E-state index contributed by atoms with van der Waals surface area (Å²) in [5.41, 5.74) is 2.02. The number of nitrogens with zero attached hydrogens (tertiary/aromatic N) is 2. The summed E-state index contributed by atoms with van der Waals surface area (Å²) in [6.45, 7) is 0.642. The van der Waals surface area contributed by atoms with Gasteiger partial charge in [0, 0.05) is 25.3 Å². The van der Waals surface area contributed by atoms with E-state index in [9.17, 15) is 4.79 Å². The number of hydrogen-bond acceptors (Lipinski definition) is 5. The summed E-state index contributed by atoms with van der Waals surface area (Å²) in [5, 5.41) is 15.8. The van der Waals surface area contributed by atoms with Gasteiger partial charge in [-0.3, -0.25) is 4.79 Å². The third kappa shape index (κ3) is 4.63. The fourth-order valence-electron chi connectivity index (χ4n) is 2.34. The molecule has 0 bridgehead atoms. The molecule has 2 aromatic rings. The van der Waals surface area contributed by atoms with E-state index >= 15 is 0 Å². The van der Waals surface area contributed by atoms with Crippen LogP contribution in [0.5, 0.6) is 0 Å². The van der Waals surface area contributed by atoms with Gasteiger partial charge in [-0.2, -0.15) is 4.98 Å². The maximum absolute atomic E-state index is 11.8. The second kappa shape index (κ2) is 7.37. The van der Waals surface area contributed by atoms with Crippen LogP contribution in [0.2, 0.25) is 0 Å². The van der Waals surface area contributed by atoms with Gasteiger partial charge in [0.2, 0.25) is 11.8 Å². The number of aliphatic hydroxyl groups excluding tert-OH is 1. The molecule has 1 aromatic carbocycles. The lowest BCUT2D eigenvalue weighted by Crippen LogP contribution is -2.25. The molecule has 0 unspecified atom stereocenters. The first-order valence-electron chi connectivity index (χ1n) is 8.02. The van der Waals surface area contributed by atoms with E-state index in [1.807, 2.05) is 24.3 Å². The molecule has 1 fully saturated rings. The Hall–Kier alpha value is -2.21. The predicted octanol–water partition coefficient (Wildman–Crippen LogP) is 1.73. The Morgan fingerprint density at radius 1 is 1.22 bits per heavy atom. The number of carbonyl (C=O) groups is 1. The third-order valence-electron chi connectivity index (χ3n) is 3.93. The van der Waals surface area contributed by atoms with Gasteiger partial charge in [-0.25, -0.2) is 0 Å². The van der Waals surface area contributed by atoms with Gasteiger partial charge < -0.3 is 14.9 Å². The summed E-state index contributed by atoms with van der Waals surface area (Å²) >= 11 is 0.